The molecule has 0 bridgehead atoms. The van der Waals surface area contributed by atoms with E-state index in [1.807, 2.05) is 30.3 Å². The molecule has 0 saturated heterocycles. The minimum absolute atomic E-state index is 0.0166. The summed E-state index contributed by atoms with van der Waals surface area (Å²) in [5, 5.41) is 10.1. The summed E-state index contributed by atoms with van der Waals surface area (Å²) in [6.07, 6.45) is -3.67. The van der Waals surface area contributed by atoms with E-state index in [9.17, 15) is 23.1 Å². The number of benzene rings is 2. The highest BCUT2D eigenvalue weighted by Gasteiger charge is 2.32. The Morgan fingerprint density at radius 3 is 2.44 bits per heavy atom. The Morgan fingerprint density at radius 1 is 1.04 bits per heavy atom. The van der Waals surface area contributed by atoms with Gasteiger partial charge in [-0.05, 0) is 29.7 Å². The quantitative estimate of drug-likeness (QED) is 0.767. The highest BCUT2D eigenvalue weighted by atomic mass is 32.2. The number of aryl methyl sites for hydroxylation is 1. The van der Waals surface area contributed by atoms with E-state index in [4.69, 9.17) is 0 Å². The number of aliphatic hydroxyl groups is 1. The smallest absolute Gasteiger partial charge is 0.416 e. The van der Waals surface area contributed by atoms with Crippen LogP contribution in [0.5, 0.6) is 0 Å². The summed E-state index contributed by atoms with van der Waals surface area (Å²) in [7, 11) is 0. The van der Waals surface area contributed by atoms with Crippen LogP contribution in [-0.2, 0) is 23.9 Å². The molecule has 0 atom stereocenters. The number of carbonyl (C=O) groups is 1. The van der Waals surface area contributed by atoms with Crippen molar-refractivity contribution in [1.29, 1.82) is 0 Å². The van der Waals surface area contributed by atoms with Crippen molar-refractivity contribution in [2.75, 3.05) is 12.3 Å². The highest BCUT2D eigenvalue weighted by molar-refractivity contribution is 8.04. The number of rotatable bonds is 6. The molecule has 0 unspecified atom stereocenters. The maximum absolute atomic E-state index is 12.8. The van der Waals surface area contributed by atoms with Crippen molar-refractivity contribution >= 4 is 17.7 Å². The van der Waals surface area contributed by atoms with Gasteiger partial charge in [0.05, 0.1) is 12.1 Å². The van der Waals surface area contributed by atoms with E-state index in [0.717, 1.165) is 24.1 Å². The lowest BCUT2D eigenvalue weighted by Gasteiger charge is -2.17. The van der Waals surface area contributed by atoms with Crippen LogP contribution in [0.1, 0.15) is 16.7 Å². The van der Waals surface area contributed by atoms with Gasteiger partial charge < -0.3 is 10.0 Å². The molecule has 0 aliphatic carbocycles. The molecule has 1 N–H and O–H groups in total. The maximum Gasteiger partial charge on any atom is 0.416 e. The van der Waals surface area contributed by atoms with Crippen LogP contribution >= 0.6 is 11.8 Å². The molecule has 1 amide bonds. The minimum Gasteiger partial charge on any atom is -0.509 e. The molecular formula is C20H18F3NO2S. The van der Waals surface area contributed by atoms with Crippen molar-refractivity contribution in [3.8, 4) is 0 Å². The first-order chi connectivity index (χ1) is 12.8. The molecular weight excluding hydrogens is 375 g/mol. The molecule has 142 valence electrons. The number of thioether (sulfide) groups is 1. The van der Waals surface area contributed by atoms with Crippen molar-refractivity contribution in [3.05, 3.63) is 82.0 Å². The second-order valence-corrected chi connectivity index (χ2v) is 7.32. The largest absolute Gasteiger partial charge is 0.509 e. The highest BCUT2D eigenvalue weighted by Crippen LogP contribution is 2.32. The predicted octanol–water partition coefficient (Wildman–Crippen LogP) is 4.79. The fraction of sp³-hybridized carbons (Fsp3) is 0.250. The summed E-state index contributed by atoms with van der Waals surface area (Å²) in [6, 6.07) is 14.7. The van der Waals surface area contributed by atoms with Gasteiger partial charge in [-0.25, -0.2) is 0 Å². The monoisotopic (exact) mass is 393 g/mol. The summed E-state index contributed by atoms with van der Waals surface area (Å²) in [5.74, 6) is 0.264. The van der Waals surface area contributed by atoms with Crippen LogP contribution < -0.4 is 0 Å². The summed E-state index contributed by atoms with van der Waals surface area (Å²) in [5.41, 5.74) is 0.763. The van der Waals surface area contributed by atoms with Crippen LogP contribution in [0.2, 0.25) is 0 Å². The van der Waals surface area contributed by atoms with Gasteiger partial charge in [-0.2, -0.15) is 13.2 Å². The van der Waals surface area contributed by atoms with Crippen LogP contribution in [0.15, 0.2) is 65.3 Å². The van der Waals surface area contributed by atoms with Gasteiger partial charge in [0.1, 0.15) is 10.7 Å². The number of hydrogen-bond acceptors (Lipinski definition) is 3. The molecule has 0 spiro atoms. The third-order valence-electron chi connectivity index (χ3n) is 4.19. The van der Waals surface area contributed by atoms with Crippen LogP contribution in [0.25, 0.3) is 0 Å². The summed E-state index contributed by atoms with van der Waals surface area (Å²) in [6.45, 7) is 0.0400. The maximum atomic E-state index is 12.8. The van der Waals surface area contributed by atoms with Gasteiger partial charge in [-0.3, -0.25) is 4.79 Å². The second kappa shape index (κ2) is 8.08. The summed E-state index contributed by atoms with van der Waals surface area (Å²) in [4.78, 5) is 14.1. The van der Waals surface area contributed by atoms with E-state index < -0.39 is 11.7 Å². The van der Waals surface area contributed by atoms with Crippen molar-refractivity contribution in [3.63, 3.8) is 0 Å². The normalized spacial score (nSPS) is 14.9. The molecule has 2 aromatic rings. The number of carbonyl (C=O) groups excluding carboxylic acids is 1. The van der Waals surface area contributed by atoms with Crippen molar-refractivity contribution in [2.45, 2.75) is 19.1 Å². The minimum atomic E-state index is -4.43. The van der Waals surface area contributed by atoms with Gasteiger partial charge in [0.2, 0.25) is 0 Å². The first kappa shape index (κ1) is 19.4. The molecule has 1 aliphatic rings. The van der Waals surface area contributed by atoms with Gasteiger partial charge >= 0.3 is 6.18 Å². The van der Waals surface area contributed by atoms with Gasteiger partial charge in [0.15, 0.2) is 0 Å². The van der Waals surface area contributed by atoms with Gasteiger partial charge in [-0.1, -0.05) is 42.5 Å². The Hall–Kier alpha value is -2.41. The Kier molecular flexibility index (Phi) is 5.79. The fourth-order valence-electron chi connectivity index (χ4n) is 2.85. The Morgan fingerprint density at radius 2 is 1.74 bits per heavy atom. The fourth-order valence-corrected chi connectivity index (χ4v) is 3.87. The number of hydrogen-bond donors (Lipinski definition) is 1. The predicted molar refractivity (Wildman–Crippen MR) is 99.1 cm³/mol. The molecule has 0 fully saturated rings. The second-order valence-electron chi connectivity index (χ2n) is 6.22. The first-order valence-electron chi connectivity index (χ1n) is 8.39. The lowest BCUT2D eigenvalue weighted by atomic mass is 10.1. The lowest BCUT2D eigenvalue weighted by molar-refractivity contribution is -0.137. The number of alkyl halides is 3. The molecule has 27 heavy (non-hydrogen) atoms. The standard InChI is InChI=1S/C20H18F3NO2S/c21-20(22,23)16-8-4-7-15(11-16)12-24-13-17(25)18(19(24)26)27-10-9-14-5-2-1-3-6-14/h1-8,11,25H,9-10,12-13H2. The summed E-state index contributed by atoms with van der Waals surface area (Å²) < 4.78 is 38.5. The molecule has 1 heterocycles. The van der Waals surface area contributed by atoms with E-state index in [-0.39, 0.29) is 29.7 Å². The van der Waals surface area contributed by atoms with Crippen molar-refractivity contribution in [2.24, 2.45) is 0 Å². The molecule has 0 radical (unpaired) electrons. The zero-order chi connectivity index (χ0) is 19.4. The number of amides is 1. The van der Waals surface area contributed by atoms with E-state index in [2.05, 4.69) is 0 Å². The molecule has 7 heteroatoms. The van der Waals surface area contributed by atoms with Crippen LogP contribution in [0.3, 0.4) is 0 Å². The van der Waals surface area contributed by atoms with Crippen LogP contribution in [0.4, 0.5) is 13.2 Å². The number of aliphatic hydroxyl groups excluding tert-OH is 1. The number of nitrogens with zero attached hydrogens (tertiary/aromatic N) is 1. The van der Waals surface area contributed by atoms with Crippen LogP contribution in [-0.4, -0.2) is 28.2 Å². The molecule has 0 saturated carbocycles. The topological polar surface area (TPSA) is 40.5 Å². The van der Waals surface area contributed by atoms with Gasteiger partial charge in [0.25, 0.3) is 5.91 Å². The Bertz CT molecular complexity index is 850. The summed E-state index contributed by atoms with van der Waals surface area (Å²) >= 11 is 1.28. The van der Waals surface area contributed by atoms with Crippen molar-refractivity contribution in [1.82, 2.24) is 4.90 Å². The lowest BCUT2D eigenvalue weighted by Crippen LogP contribution is -2.26. The molecule has 0 aromatic heterocycles. The average Bonchev–Trinajstić information content (AvgIpc) is 2.89. The van der Waals surface area contributed by atoms with Crippen molar-refractivity contribution < 1.29 is 23.1 Å². The van der Waals surface area contributed by atoms with E-state index in [0.29, 0.717) is 11.3 Å². The van der Waals surface area contributed by atoms with E-state index in [1.165, 1.54) is 22.7 Å². The number of halogens is 3. The molecule has 1 aliphatic heterocycles. The zero-order valence-corrected chi connectivity index (χ0v) is 15.2. The van der Waals surface area contributed by atoms with Gasteiger partial charge in [0, 0.05) is 12.3 Å². The Labute approximate surface area is 159 Å². The van der Waals surface area contributed by atoms with Gasteiger partial charge in [-0.15, -0.1) is 11.8 Å². The van der Waals surface area contributed by atoms with E-state index in [1.54, 1.807) is 6.07 Å². The Balaban J connectivity index is 1.60. The molecule has 3 nitrogen and oxygen atoms in total. The van der Waals surface area contributed by atoms with E-state index >= 15 is 0 Å². The molecule has 3 rings (SSSR count). The third kappa shape index (κ3) is 4.86. The van der Waals surface area contributed by atoms with Crippen LogP contribution in [0, 0.1) is 0 Å². The third-order valence-corrected chi connectivity index (χ3v) is 5.30. The zero-order valence-electron chi connectivity index (χ0n) is 14.4. The SMILES string of the molecule is O=C1C(SCCc2ccccc2)=C(O)CN1Cc1cccc(C(F)(F)F)c1. The molecule has 2 aromatic carbocycles. The average molecular weight is 393 g/mol. The first-order valence-corrected chi connectivity index (χ1v) is 9.37.